The Morgan fingerprint density at radius 3 is 2.25 bits per heavy atom. The summed E-state index contributed by atoms with van der Waals surface area (Å²) in [6, 6.07) is 0. The summed E-state index contributed by atoms with van der Waals surface area (Å²) in [6.45, 7) is 9.83. The number of aliphatic hydroxyl groups is 2. The number of ether oxygens (including phenoxy) is 4. The number of ketones is 1. The van der Waals surface area contributed by atoms with Crippen LogP contribution < -0.4 is 0 Å². The van der Waals surface area contributed by atoms with Gasteiger partial charge in [0.05, 0.1) is 31.8 Å². The highest BCUT2D eigenvalue weighted by Gasteiger charge is 2.57. The maximum atomic E-state index is 12.3. The van der Waals surface area contributed by atoms with Gasteiger partial charge >= 0.3 is 5.97 Å². The van der Waals surface area contributed by atoms with Crippen LogP contribution in [0.5, 0.6) is 0 Å². The molecule has 8 nitrogen and oxygen atoms in total. The summed E-state index contributed by atoms with van der Waals surface area (Å²) in [5.41, 5.74) is 1.10. The first-order valence-corrected chi connectivity index (χ1v) is 11.9. The molecule has 3 fully saturated rings. The number of hydrogen-bond donors (Lipinski definition) is 2. The quantitative estimate of drug-likeness (QED) is 0.309. The number of unbranched alkanes of at least 4 members (excludes halogenated alkanes) is 1. The van der Waals surface area contributed by atoms with Crippen LogP contribution in [0, 0.1) is 0 Å². The lowest BCUT2D eigenvalue weighted by Crippen LogP contribution is -2.61. The number of Topliss-reactive ketones (excluding diaryl/α,β-unsaturated/α-hetero) is 1. The van der Waals surface area contributed by atoms with Crippen LogP contribution in [0.3, 0.4) is 0 Å². The van der Waals surface area contributed by atoms with E-state index in [1.165, 1.54) is 7.11 Å². The van der Waals surface area contributed by atoms with Gasteiger partial charge in [-0.1, -0.05) is 19.4 Å². The van der Waals surface area contributed by atoms with E-state index in [1.54, 1.807) is 0 Å². The first kappa shape index (κ1) is 26.9. The molecule has 8 atom stereocenters. The van der Waals surface area contributed by atoms with Crippen molar-refractivity contribution in [1.29, 1.82) is 0 Å². The second kappa shape index (κ2) is 12.8. The lowest BCUT2D eigenvalue weighted by atomic mass is 9.87. The highest BCUT2D eigenvalue weighted by molar-refractivity contribution is 5.79. The molecule has 3 heterocycles. The third-order valence-electron chi connectivity index (χ3n) is 6.23. The molecule has 3 aliphatic rings. The number of fused-ring (bicyclic) bond motifs is 2. The lowest BCUT2D eigenvalue weighted by molar-refractivity contribution is -0.259. The van der Waals surface area contributed by atoms with Gasteiger partial charge in [-0.15, -0.1) is 6.58 Å². The van der Waals surface area contributed by atoms with Crippen LogP contribution in [0.25, 0.3) is 0 Å². The summed E-state index contributed by atoms with van der Waals surface area (Å²) in [5, 5.41) is 21.5. The SMILES string of the molecule is C=C(C)CCCCC(=O)CC1OC2C(O)C3OC(CC(=O)OC)CCC3OC2C1O.CC. The second-order valence-corrected chi connectivity index (χ2v) is 8.75. The molecule has 0 aromatic rings. The maximum Gasteiger partial charge on any atom is 0.308 e. The Hall–Kier alpha value is -1.32. The molecule has 0 aromatic carbocycles. The van der Waals surface area contributed by atoms with E-state index >= 15 is 0 Å². The largest absolute Gasteiger partial charge is 0.469 e. The fourth-order valence-electron chi connectivity index (χ4n) is 4.59. The van der Waals surface area contributed by atoms with Gasteiger partial charge in [-0.3, -0.25) is 9.59 Å². The van der Waals surface area contributed by atoms with Crippen LogP contribution in [-0.4, -0.2) is 77.9 Å². The fraction of sp³-hybridized carbons (Fsp3) is 0.833. The van der Waals surface area contributed by atoms with Gasteiger partial charge in [-0.25, -0.2) is 0 Å². The van der Waals surface area contributed by atoms with Gasteiger partial charge in [0, 0.05) is 12.8 Å². The van der Waals surface area contributed by atoms with E-state index in [9.17, 15) is 19.8 Å². The van der Waals surface area contributed by atoms with E-state index in [2.05, 4.69) is 6.58 Å². The van der Waals surface area contributed by atoms with Crippen LogP contribution >= 0.6 is 0 Å². The number of esters is 1. The maximum absolute atomic E-state index is 12.3. The smallest absolute Gasteiger partial charge is 0.308 e. The molecule has 0 aromatic heterocycles. The molecule has 0 saturated carbocycles. The highest BCUT2D eigenvalue weighted by Crippen LogP contribution is 2.40. The zero-order valence-electron chi connectivity index (χ0n) is 19.8. The molecule has 0 aliphatic carbocycles. The van der Waals surface area contributed by atoms with Gasteiger partial charge in [0.1, 0.15) is 36.3 Å². The van der Waals surface area contributed by atoms with Gasteiger partial charge < -0.3 is 29.2 Å². The van der Waals surface area contributed by atoms with Crippen molar-refractivity contribution in [3.63, 3.8) is 0 Å². The van der Waals surface area contributed by atoms with Crippen molar-refractivity contribution in [2.24, 2.45) is 0 Å². The normalized spacial score (nSPS) is 35.7. The van der Waals surface area contributed by atoms with E-state index in [1.807, 2.05) is 20.8 Å². The number of aliphatic hydroxyl groups excluding tert-OH is 2. The van der Waals surface area contributed by atoms with Gasteiger partial charge in [-0.2, -0.15) is 0 Å². The van der Waals surface area contributed by atoms with E-state index in [-0.39, 0.29) is 36.8 Å². The number of carbonyl (C=O) groups is 2. The zero-order chi connectivity index (χ0) is 23.8. The monoisotopic (exact) mass is 456 g/mol. The van der Waals surface area contributed by atoms with Crippen LogP contribution in [0.15, 0.2) is 12.2 Å². The van der Waals surface area contributed by atoms with E-state index in [0.29, 0.717) is 19.3 Å². The average molecular weight is 457 g/mol. The van der Waals surface area contributed by atoms with Crippen LogP contribution in [0.4, 0.5) is 0 Å². The van der Waals surface area contributed by atoms with Crippen molar-refractivity contribution in [3.05, 3.63) is 12.2 Å². The third kappa shape index (κ3) is 6.84. The van der Waals surface area contributed by atoms with Crippen LogP contribution in [0.1, 0.15) is 72.1 Å². The summed E-state index contributed by atoms with van der Waals surface area (Å²) < 4.78 is 22.5. The van der Waals surface area contributed by atoms with Crippen molar-refractivity contribution in [2.75, 3.05) is 7.11 Å². The first-order valence-electron chi connectivity index (χ1n) is 11.9. The van der Waals surface area contributed by atoms with E-state index in [0.717, 1.165) is 24.8 Å². The van der Waals surface area contributed by atoms with Gasteiger partial charge in [0.15, 0.2) is 0 Å². The van der Waals surface area contributed by atoms with Gasteiger partial charge in [-0.05, 0) is 39.0 Å². The Balaban J connectivity index is 0.00000176. The summed E-state index contributed by atoms with van der Waals surface area (Å²) in [4.78, 5) is 23.8. The van der Waals surface area contributed by atoms with Crippen molar-refractivity contribution >= 4 is 11.8 Å². The molecule has 0 radical (unpaired) electrons. The highest BCUT2D eigenvalue weighted by atomic mass is 16.6. The Bertz CT molecular complexity index is 635. The Morgan fingerprint density at radius 1 is 0.938 bits per heavy atom. The van der Waals surface area contributed by atoms with E-state index < -0.39 is 36.6 Å². The molecule has 184 valence electrons. The fourth-order valence-corrected chi connectivity index (χ4v) is 4.59. The number of hydrogen-bond acceptors (Lipinski definition) is 8. The molecule has 3 rings (SSSR count). The molecule has 8 unspecified atom stereocenters. The Kier molecular flexibility index (Phi) is 10.8. The minimum absolute atomic E-state index is 0.0284. The average Bonchev–Trinajstić information content (AvgIpc) is 3.08. The number of allylic oxidation sites excluding steroid dienone is 1. The second-order valence-electron chi connectivity index (χ2n) is 8.75. The topological polar surface area (TPSA) is 112 Å². The number of carbonyl (C=O) groups excluding carboxylic acids is 2. The summed E-state index contributed by atoms with van der Waals surface area (Å²) in [5.74, 6) is -0.336. The standard InChI is InChI=1S/C22H34O8.C2H6/c1-12(2)6-4-5-7-13(23)10-16-18(25)21-22(30-16)19(26)20-15(29-21)9-8-14(28-20)11-17(24)27-3;1-2/h14-16,18-22,25-26H,1,4-11H2,2-3H3;1-2H3. The van der Waals surface area contributed by atoms with Crippen molar-refractivity contribution in [2.45, 2.75) is 121 Å². The third-order valence-corrected chi connectivity index (χ3v) is 6.23. The Labute approximate surface area is 191 Å². The predicted molar refractivity (Wildman–Crippen MR) is 118 cm³/mol. The van der Waals surface area contributed by atoms with Crippen LogP contribution in [0.2, 0.25) is 0 Å². The summed E-state index contributed by atoms with van der Waals surface area (Å²) in [7, 11) is 1.33. The van der Waals surface area contributed by atoms with Crippen molar-refractivity contribution in [3.8, 4) is 0 Å². The molecule has 0 spiro atoms. The van der Waals surface area contributed by atoms with Crippen molar-refractivity contribution in [1.82, 2.24) is 0 Å². The predicted octanol–water partition coefficient (Wildman–Crippen LogP) is 2.48. The Morgan fingerprint density at radius 2 is 1.59 bits per heavy atom. The minimum Gasteiger partial charge on any atom is -0.469 e. The lowest BCUT2D eigenvalue weighted by Gasteiger charge is -2.46. The molecule has 3 aliphatic heterocycles. The molecular formula is C24H40O8. The summed E-state index contributed by atoms with van der Waals surface area (Å²) in [6.07, 6.45) is -1.06. The molecule has 0 bridgehead atoms. The van der Waals surface area contributed by atoms with Crippen LogP contribution in [-0.2, 0) is 28.5 Å². The molecule has 8 heteroatoms. The molecular weight excluding hydrogens is 416 g/mol. The molecule has 0 amide bonds. The van der Waals surface area contributed by atoms with Gasteiger partial charge in [0.25, 0.3) is 0 Å². The minimum atomic E-state index is -1.00. The summed E-state index contributed by atoms with van der Waals surface area (Å²) >= 11 is 0. The zero-order valence-corrected chi connectivity index (χ0v) is 19.8. The van der Waals surface area contributed by atoms with E-state index in [4.69, 9.17) is 18.9 Å². The van der Waals surface area contributed by atoms with Gasteiger partial charge in [0.2, 0.25) is 0 Å². The molecule has 3 saturated heterocycles. The molecule has 2 N–H and O–H groups in total. The number of rotatable bonds is 9. The molecule has 32 heavy (non-hydrogen) atoms. The number of methoxy groups -OCH3 is 1. The van der Waals surface area contributed by atoms with Crippen molar-refractivity contribution < 1.29 is 38.7 Å². The first-order chi connectivity index (χ1) is 15.3.